The fraction of sp³-hybridized carbons (Fsp3) is 0.440. The van der Waals surface area contributed by atoms with E-state index in [1.54, 1.807) is 24.3 Å². The highest BCUT2D eigenvalue weighted by atomic mass is 35.6. The number of sulfone groups is 1. The van der Waals surface area contributed by atoms with Gasteiger partial charge in [0, 0.05) is 104 Å². The second-order valence-corrected chi connectivity index (χ2v) is 26.6. The number of alkyl halides is 6. The molecule has 24 heteroatoms. The van der Waals surface area contributed by atoms with Crippen molar-refractivity contribution in [1.29, 1.82) is 0 Å². The van der Waals surface area contributed by atoms with Gasteiger partial charge in [-0.1, -0.05) is 76.2 Å². The molecular weight excluding hydrogens is 1110 g/mol. The van der Waals surface area contributed by atoms with Crippen molar-refractivity contribution in [1.82, 2.24) is 19.4 Å². The summed E-state index contributed by atoms with van der Waals surface area (Å²) in [5.41, 5.74) is -2.31. The molecule has 0 unspecified atom stereocenters. The fourth-order valence-electron chi connectivity index (χ4n) is 9.52. The summed E-state index contributed by atoms with van der Waals surface area (Å²) in [5, 5.41) is 3.31. The number of benzene rings is 4. The van der Waals surface area contributed by atoms with Crippen molar-refractivity contribution >= 4 is 107 Å². The number of carbonyl (C=O) groups is 2. The number of amides is 2. The van der Waals surface area contributed by atoms with Crippen molar-refractivity contribution in [3.05, 3.63) is 119 Å². The standard InChI is InChI=1S/C50H54Cl4F4N6O7S3/c51-36-8-12-42(43(55)28-36)41-14-16-48(17-18-48)30-35(41)31-62-22-24-63(25-23-62)38-9-6-34(7-10-38)46(65)60-74(69,70)40-11-13-44(45(29-40)73(67,68)50(56,57)58)59-37(32-72-39-4-2-1-3-5-39)15-19-61-20-26-64(27-21-61)47(66)71-33-49(52,53)54/h1-13,28-29,37,59H,14-27,30-33H2,(H,60,65)/t37-/m1/s1. The Morgan fingerprint density at radius 1 is 0.811 bits per heavy atom. The van der Waals surface area contributed by atoms with E-state index in [0.29, 0.717) is 61.2 Å². The average Bonchev–Trinajstić information content (AvgIpc) is 4.12. The lowest BCUT2D eigenvalue weighted by Crippen LogP contribution is -2.49. The molecule has 3 fully saturated rings. The number of nitrogens with one attached hydrogen (secondary N) is 2. The number of allylic oxidation sites excluding steroid dienone is 1. The first kappa shape index (κ1) is 56.2. The van der Waals surface area contributed by atoms with Crippen LogP contribution in [0, 0.1) is 11.2 Å². The maximum atomic E-state index is 15.1. The van der Waals surface area contributed by atoms with Gasteiger partial charge >= 0.3 is 11.6 Å². The van der Waals surface area contributed by atoms with Gasteiger partial charge in [0.1, 0.15) is 17.3 Å². The second kappa shape index (κ2) is 23.3. The summed E-state index contributed by atoms with van der Waals surface area (Å²) in [4.78, 5) is 32.5. The van der Waals surface area contributed by atoms with Gasteiger partial charge in [-0.2, -0.15) is 13.2 Å². The Morgan fingerprint density at radius 3 is 2.12 bits per heavy atom. The van der Waals surface area contributed by atoms with Gasteiger partial charge in [-0.15, -0.1) is 11.8 Å². The van der Waals surface area contributed by atoms with Gasteiger partial charge in [-0.25, -0.2) is 30.7 Å². The number of anilines is 2. The number of sulfonamides is 1. The number of hydrogen-bond donors (Lipinski definition) is 2. The Balaban J connectivity index is 0.915. The summed E-state index contributed by atoms with van der Waals surface area (Å²) in [6, 6.07) is 21.8. The number of carbonyl (C=O) groups excluding carboxylic acids is 2. The van der Waals surface area contributed by atoms with Gasteiger partial charge < -0.3 is 19.9 Å². The lowest BCUT2D eigenvalue weighted by molar-refractivity contribution is -0.0436. The predicted molar refractivity (Wildman–Crippen MR) is 282 cm³/mol. The minimum absolute atomic E-state index is 0.0577. The third kappa shape index (κ3) is 14.3. The smallest absolute Gasteiger partial charge is 0.445 e. The molecule has 8 rings (SSSR count). The highest BCUT2D eigenvalue weighted by molar-refractivity contribution is 7.99. The first-order valence-electron chi connectivity index (χ1n) is 23.9. The summed E-state index contributed by atoms with van der Waals surface area (Å²) in [7, 11) is -11.1. The predicted octanol–water partition coefficient (Wildman–Crippen LogP) is 10.5. The van der Waals surface area contributed by atoms with Gasteiger partial charge in [-0.3, -0.25) is 14.6 Å². The molecule has 2 amide bonds. The van der Waals surface area contributed by atoms with Crippen molar-refractivity contribution in [2.45, 2.75) is 68.6 Å². The summed E-state index contributed by atoms with van der Waals surface area (Å²) in [6.07, 6.45) is 4.83. The van der Waals surface area contributed by atoms with Crippen molar-refractivity contribution in [2.75, 3.05) is 88.0 Å². The zero-order chi connectivity index (χ0) is 53.1. The molecule has 1 atom stereocenters. The van der Waals surface area contributed by atoms with Crippen LogP contribution in [0.2, 0.25) is 5.02 Å². The number of halogens is 8. The molecule has 0 radical (unpaired) electrons. The first-order valence-corrected chi connectivity index (χ1v) is 29.4. The molecule has 74 heavy (non-hydrogen) atoms. The largest absolute Gasteiger partial charge is 0.501 e. The maximum Gasteiger partial charge on any atom is 0.501 e. The van der Waals surface area contributed by atoms with Gasteiger partial charge in [-0.05, 0) is 116 Å². The van der Waals surface area contributed by atoms with E-state index >= 15 is 4.39 Å². The molecule has 1 spiro atoms. The van der Waals surface area contributed by atoms with E-state index < -0.39 is 69.3 Å². The van der Waals surface area contributed by atoms with E-state index in [1.165, 1.54) is 53.3 Å². The Labute approximate surface area is 452 Å². The molecule has 2 saturated heterocycles. The zero-order valence-corrected chi connectivity index (χ0v) is 45.3. The SMILES string of the molecule is O=C(NS(=O)(=O)c1ccc(N[C@H](CCN2CCN(C(=O)OCC(Cl)(Cl)Cl)CC2)CSc2ccccc2)c(S(=O)(=O)C(F)(F)F)c1)c1ccc(N2CCN(CC3=C(c4ccc(Cl)cc4F)CCC4(CC4)C3)CC2)cc1. The molecule has 0 aromatic heterocycles. The van der Waals surface area contributed by atoms with Gasteiger partial charge in [0.2, 0.25) is 3.79 Å². The summed E-state index contributed by atoms with van der Waals surface area (Å²) in [5.74, 6) is -1.13. The van der Waals surface area contributed by atoms with Crippen LogP contribution in [-0.2, 0) is 24.6 Å². The lowest BCUT2D eigenvalue weighted by atomic mass is 9.78. The Morgan fingerprint density at radius 2 is 1.49 bits per heavy atom. The van der Waals surface area contributed by atoms with Gasteiger partial charge in [0.05, 0.1) is 10.6 Å². The zero-order valence-electron chi connectivity index (χ0n) is 39.9. The minimum Gasteiger partial charge on any atom is -0.445 e. The summed E-state index contributed by atoms with van der Waals surface area (Å²) < 4.78 is 117. The average molecular weight is 1170 g/mol. The van der Waals surface area contributed by atoms with Crippen molar-refractivity contribution < 1.29 is 48.7 Å². The molecule has 13 nitrogen and oxygen atoms in total. The second-order valence-electron chi connectivity index (χ2n) is 19.0. The number of piperazine rings is 2. The van der Waals surface area contributed by atoms with Crippen LogP contribution < -0.4 is 14.9 Å². The molecule has 2 aliphatic heterocycles. The molecule has 2 aliphatic carbocycles. The highest BCUT2D eigenvalue weighted by Gasteiger charge is 2.49. The van der Waals surface area contributed by atoms with Crippen LogP contribution in [0.1, 0.15) is 54.4 Å². The van der Waals surface area contributed by atoms with E-state index in [0.717, 1.165) is 67.2 Å². The van der Waals surface area contributed by atoms with Crippen LogP contribution in [0.5, 0.6) is 0 Å². The molecule has 400 valence electrons. The molecule has 0 bridgehead atoms. The Bertz CT molecular complexity index is 2940. The quantitative estimate of drug-likeness (QED) is 0.0589. The molecule has 2 heterocycles. The highest BCUT2D eigenvalue weighted by Crippen LogP contribution is 2.59. The number of ether oxygens (including phenoxy) is 1. The Hall–Kier alpha value is -3.99. The van der Waals surface area contributed by atoms with Gasteiger partial charge in [0.25, 0.3) is 25.8 Å². The number of rotatable bonds is 17. The lowest BCUT2D eigenvalue weighted by Gasteiger charge is -2.38. The summed E-state index contributed by atoms with van der Waals surface area (Å²) in [6.45, 7) is 4.81. The number of thioether (sulfide) groups is 1. The fourth-order valence-corrected chi connectivity index (χ4v) is 12.9. The molecule has 4 aromatic carbocycles. The molecule has 4 aromatic rings. The Kier molecular flexibility index (Phi) is 17.7. The van der Waals surface area contributed by atoms with Crippen molar-refractivity contribution in [2.24, 2.45) is 5.41 Å². The maximum absolute atomic E-state index is 15.1. The van der Waals surface area contributed by atoms with E-state index in [9.17, 15) is 39.6 Å². The number of hydrogen-bond acceptors (Lipinski definition) is 12. The normalized spacial score (nSPS) is 18.3. The van der Waals surface area contributed by atoms with Crippen molar-refractivity contribution in [3.8, 4) is 0 Å². The molecule has 1 saturated carbocycles. The molecule has 4 aliphatic rings. The van der Waals surface area contributed by atoms with Crippen LogP contribution >= 0.6 is 58.2 Å². The van der Waals surface area contributed by atoms with Crippen LogP contribution in [0.4, 0.5) is 33.7 Å². The summed E-state index contributed by atoms with van der Waals surface area (Å²) >= 11 is 24.5. The molecular formula is C50H54Cl4F4N6O7S3. The minimum atomic E-state index is -6.15. The first-order chi connectivity index (χ1) is 35.0. The van der Waals surface area contributed by atoms with E-state index in [-0.39, 0.29) is 30.2 Å². The van der Waals surface area contributed by atoms with Crippen LogP contribution in [0.25, 0.3) is 5.57 Å². The van der Waals surface area contributed by atoms with Crippen LogP contribution in [0.3, 0.4) is 0 Å². The van der Waals surface area contributed by atoms with Crippen LogP contribution in [-0.4, -0.2) is 137 Å². The monoisotopic (exact) mass is 1160 g/mol. The van der Waals surface area contributed by atoms with Crippen LogP contribution in [0.15, 0.2) is 111 Å². The third-order valence-electron chi connectivity index (χ3n) is 13.8. The topological polar surface area (TPSA) is 149 Å². The van der Waals surface area contributed by atoms with Gasteiger partial charge in [0.15, 0.2) is 0 Å². The third-order valence-corrected chi connectivity index (χ3v) is 18.4. The van der Waals surface area contributed by atoms with E-state index in [1.807, 2.05) is 40.0 Å². The van der Waals surface area contributed by atoms with E-state index in [2.05, 4.69) is 15.1 Å². The number of nitrogens with zero attached hydrogens (tertiary/aromatic N) is 4. The molecule has 2 N–H and O–H groups in total. The van der Waals surface area contributed by atoms with E-state index in [4.69, 9.17) is 51.1 Å². The van der Waals surface area contributed by atoms with Crippen molar-refractivity contribution in [3.63, 3.8) is 0 Å².